The molecule has 2 amide bonds. The number of nitrogens with zero attached hydrogens (tertiary/aromatic N) is 1. The summed E-state index contributed by atoms with van der Waals surface area (Å²) >= 11 is 5.93. The molecule has 0 aliphatic carbocycles. The zero-order valence-corrected chi connectivity index (χ0v) is 15.5. The van der Waals surface area contributed by atoms with Crippen LogP contribution in [-0.2, 0) is 6.54 Å². The van der Waals surface area contributed by atoms with Gasteiger partial charge in [-0.05, 0) is 42.3 Å². The van der Waals surface area contributed by atoms with Gasteiger partial charge in [-0.1, -0.05) is 41.9 Å². The third kappa shape index (κ3) is 4.92. The summed E-state index contributed by atoms with van der Waals surface area (Å²) < 4.78 is 0. The molecule has 1 heterocycles. The lowest BCUT2D eigenvalue weighted by Crippen LogP contribution is -2.23. The minimum Gasteiger partial charge on any atom is -0.348 e. The van der Waals surface area contributed by atoms with Crippen LogP contribution in [-0.4, -0.2) is 16.8 Å². The van der Waals surface area contributed by atoms with Gasteiger partial charge >= 0.3 is 0 Å². The SMILES string of the molecule is Cc1cc(Cl)ccc1NC(=O)c1cncc(C(=O)NCc2ccccc2)c1. The second-order valence-electron chi connectivity index (χ2n) is 6.04. The molecule has 2 aromatic carbocycles. The average molecular weight is 380 g/mol. The third-order valence-electron chi connectivity index (χ3n) is 4.00. The fourth-order valence-corrected chi connectivity index (χ4v) is 2.76. The summed E-state index contributed by atoms with van der Waals surface area (Å²) in [4.78, 5) is 28.9. The molecule has 0 aliphatic rings. The standard InChI is InChI=1S/C21H18ClN3O2/c1-14-9-18(22)7-8-19(14)25-21(27)17-10-16(12-23-13-17)20(26)24-11-15-5-3-2-4-6-15/h2-10,12-13H,11H2,1H3,(H,24,26)(H,25,27). The van der Waals surface area contributed by atoms with Gasteiger partial charge in [0.15, 0.2) is 0 Å². The Balaban J connectivity index is 1.68. The number of halogens is 1. The van der Waals surface area contributed by atoms with Crippen LogP contribution in [0.1, 0.15) is 31.8 Å². The molecule has 0 bridgehead atoms. The maximum atomic E-state index is 12.5. The van der Waals surface area contributed by atoms with Crippen molar-refractivity contribution in [2.45, 2.75) is 13.5 Å². The van der Waals surface area contributed by atoms with E-state index in [9.17, 15) is 9.59 Å². The predicted molar refractivity (Wildman–Crippen MR) is 106 cm³/mol. The number of carbonyl (C=O) groups excluding carboxylic acids is 2. The summed E-state index contributed by atoms with van der Waals surface area (Å²) in [6.45, 7) is 2.26. The van der Waals surface area contributed by atoms with Gasteiger partial charge in [-0.3, -0.25) is 14.6 Å². The topological polar surface area (TPSA) is 71.1 Å². The molecule has 0 spiro atoms. The molecular formula is C21H18ClN3O2. The number of amides is 2. The fraction of sp³-hybridized carbons (Fsp3) is 0.0952. The Hall–Kier alpha value is -3.18. The molecule has 27 heavy (non-hydrogen) atoms. The average Bonchev–Trinajstić information content (AvgIpc) is 2.69. The molecule has 6 heteroatoms. The van der Waals surface area contributed by atoms with E-state index in [1.165, 1.54) is 18.5 Å². The Morgan fingerprint density at radius 1 is 0.963 bits per heavy atom. The van der Waals surface area contributed by atoms with E-state index in [2.05, 4.69) is 15.6 Å². The Morgan fingerprint density at radius 2 is 1.67 bits per heavy atom. The predicted octanol–water partition coefficient (Wildman–Crippen LogP) is 4.23. The van der Waals surface area contributed by atoms with Crippen LogP contribution in [0, 0.1) is 6.92 Å². The van der Waals surface area contributed by atoms with Gasteiger partial charge in [0.2, 0.25) is 0 Å². The molecule has 136 valence electrons. The molecule has 0 fully saturated rings. The number of anilines is 1. The second kappa shape index (κ2) is 8.47. The van der Waals surface area contributed by atoms with Crippen molar-refractivity contribution in [3.8, 4) is 0 Å². The van der Waals surface area contributed by atoms with Gasteiger partial charge in [0, 0.05) is 29.6 Å². The maximum absolute atomic E-state index is 12.5. The number of aryl methyl sites for hydroxylation is 1. The number of hydrogen-bond acceptors (Lipinski definition) is 3. The van der Waals surface area contributed by atoms with Crippen LogP contribution < -0.4 is 10.6 Å². The molecule has 3 rings (SSSR count). The van der Waals surface area contributed by atoms with Crippen molar-refractivity contribution in [1.82, 2.24) is 10.3 Å². The fourth-order valence-electron chi connectivity index (χ4n) is 2.53. The maximum Gasteiger partial charge on any atom is 0.257 e. The smallest absolute Gasteiger partial charge is 0.257 e. The largest absolute Gasteiger partial charge is 0.348 e. The Bertz CT molecular complexity index is 974. The van der Waals surface area contributed by atoms with Crippen molar-refractivity contribution >= 4 is 29.1 Å². The van der Waals surface area contributed by atoms with Gasteiger partial charge in [-0.15, -0.1) is 0 Å². The molecule has 1 aromatic heterocycles. The van der Waals surface area contributed by atoms with E-state index < -0.39 is 0 Å². The summed E-state index contributed by atoms with van der Waals surface area (Å²) in [6.07, 6.45) is 2.86. The van der Waals surface area contributed by atoms with E-state index in [4.69, 9.17) is 11.6 Å². The summed E-state index contributed by atoms with van der Waals surface area (Å²) in [7, 11) is 0. The van der Waals surface area contributed by atoms with Crippen LogP contribution in [0.2, 0.25) is 5.02 Å². The lowest BCUT2D eigenvalue weighted by atomic mass is 10.1. The van der Waals surface area contributed by atoms with Crippen molar-refractivity contribution in [3.05, 3.63) is 94.3 Å². The van der Waals surface area contributed by atoms with Crippen molar-refractivity contribution in [2.24, 2.45) is 0 Å². The first kappa shape index (κ1) is 18.6. The summed E-state index contributed by atoms with van der Waals surface area (Å²) in [5, 5.41) is 6.23. The Kier molecular flexibility index (Phi) is 5.84. The van der Waals surface area contributed by atoms with Crippen molar-refractivity contribution < 1.29 is 9.59 Å². The van der Waals surface area contributed by atoms with Gasteiger partial charge in [0.25, 0.3) is 11.8 Å². The molecule has 0 atom stereocenters. The highest BCUT2D eigenvalue weighted by atomic mass is 35.5. The van der Waals surface area contributed by atoms with Gasteiger partial charge in [0.1, 0.15) is 0 Å². The van der Waals surface area contributed by atoms with Crippen molar-refractivity contribution in [2.75, 3.05) is 5.32 Å². The third-order valence-corrected chi connectivity index (χ3v) is 4.23. The number of benzene rings is 2. The van der Waals surface area contributed by atoms with E-state index in [1.807, 2.05) is 37.3 Å². The van der Waals surface area contributed by atoms with Gasteiger partial charge in [-0.2, -0.15) is 0 Å². The number of hydrogen-bond donors (Lipinski definition) is 2. The van der Waals surface area contributed by atoms with Crippen LogP contribution in [0.5, 0.6) is 0 Å². The van der Waals surface area contributed by atoms with Crippen LogP contribution in [0.25, 0.3) is 0 Å². The number of carbonyl (C=O) groups is 2. The van der Waals surface area contributed by atoms with E-state index >= 15 is 0 Å². The molecule has 0 saturated heterocycles. The van der Waals surface area contributed by atoms with E-state index in [0.717, 1.165) is 11.1 Å². The molecule has 2 N–H and O–H groups in total. The number of rotatable bonds is 5. The minimum absolute atomic E-state index is 0.288. The van der Waals surface area contributed by atoms with Gasteiger partial charge < -0.3 is 10.6 Å². The Morgan fingerprint density at radius 3 is 2.37 bits per heavy atom. The highest BCUT2D eigenvalue weighted by Crippen LogP contribution is 2.20. The van der Waals surface area contributed by atoms with Crippen LogP contribution >= 0.6 is 11.6 Å². The molecule has 0 aliphatic heterocycles. The molecule has 5 nitrogen and oxygen atoms in total. The van der Waals surface area contributed by atoms with E-state index in [-0.39, 0.29) is 11.8 Å². The first-order valence-corrected chi connectivity index (χ1v) is 8.75. The second-order valence-corrected chi connectivity index (χ2v) is 6.48. The van der Waals surface area contributed by atoms with Crippen LogP contribution in [0.15, 0.2) is 67.0 Å². The van der Waals surface area contributed by atoms with Crippen LogP contribution in [0.4, 0.5) is 5.69 Å². The highest BCUT2D eigenvalue weighted by Gasteiger charge is 2.12. The lowest BCUT2D eigenvalue weighted by molar-refractivity contribution is 0.0950. The minimum atomic E-state index is -0.342. The number of pyridine rings is 1. The monoisotopic (exact) mass is 379 g/mol. The van der Waals surface area contributed by atoms with E-state index in [0.29, 0.717) is 28.4 Å². The van der Waals surface area contributed by atoms with Gasteiger partial charge in [0.05, 0.1) is 11.1 Å². The normalized spacial score (nSPS) is 10.3. The first-order valence-electron chi connectivity index (χ1n) is 8.37. The van der Waals surface area contributed by atoms with Gasteiger partial charge in [-0.25, -0.2) is 0 Å². The lowest BCUT2D eigenvalue weighted by Gasteiger charge is -2.10. The zero-order valence-electron chi connectivity index (χ0n) is 14.7. The molecule has 0 radical (unpaired) electrons. The summed E-state index contributed by atoms with van der Waals surface area (Å²) in [5.74, 6) is -0.630. The molecule has 0 unspecified atom stereocenters. The quantitative estimate of drug-likeness (QED) is 0.697. The van der Waals surface area contributed by atoms with Crippen molar-refractivity contribution in [3.63, 3.8) is 0 Å². The molecule has 0 saturated carbocycles. The summed E-state index contributed by atoms with van der Waals surface area (Å²) in [6, 6.07) is 16.3. The van der Waals surface area contributed by atoms with Crippen molar-refractivity contribution in [1.29, 1.82) is 0 Å². The Labute approximate surface area is 162 Å². The molecule has 3 aromatic rings. The zero-order chi connectivity index (χ0) is 19.2. The summed E-state index contributed by atoms with van der Waals surface area (Å²) in [5.41, 5.74) is 3.12. The number of aromatic nitrogens is 1. The van der Waals surface area contributed by atoms with E-state index in [1.54, 1.807) is 18.2 Å². The van der Waals surface area contributed by atoms with Crippen LogP contribution in [0.3, 0.4) is 0 Å². The molecular weight excluding hydrogens is 362 g/mol. The first-order chi connectivity index (χ1) is 13.0. The number of nitrogens with one attached hydrogen (secondary N) is 2. The highest BCUT2D eigenvalue weighted by molar-refractivity contribution is 6.30.